The van der Waals surface area contributed by atoms with Gasteiger partial charge in [-0.2, -0.15) is 0 Å². The van der Waals surface area contributed by atoms with Crippen molar-refractivity contribution in [2.75, 3.05) is 11.9 Å². The van der Waals surface area contributed by atoms with Crippen molar-refractivity contribution in [3.05, 3.63) is 66.0 Å². The fourth-order valence-electron chi connectivity index (χ4n) is 3.70. The normalized spacial score (nSPS) is 20.4. The number of hydrogen-bond donors (Lipinski definition) is 2. The summed E-state index contributed by atoms with van der Waals surface area (Å²) in [5, 5.41) is 21.6. The molecule has 1 aliphatic carbocycles. The number of amides is 1. The molecule has 2 aromatic heterocycles. The van der Waals surface area contributed by atoms with Gasteiger partial charge in [0.1, 0.15) is 11.6 Å². The summed E-state index contributed by atoms with van der Waals surface area (Å²) in [7, 11) is 1.64. The molecular formula is C21H21N5O4. The Morgan fingerprint density at radius 1 is 1.23 bits per heavy atom. The lowest BCUT2D eigenvalue weighted by atomic mass is 10.1. The van der Waals surface area contributed by atoms with Crippen molar-refractivity contribution < 1.29 is 19.1 Å². The predicted octanol–water partition coefficient (Wildman–Crippen LogP) is 1.59. The maximum absolute atomic E-state index is 13.1. The number of nitrogens with one attached hydrogen (secondary N) is 1. The summed E-state index contributed by atoms with van der Waals surface area (Å²) in [5.74, 6) is 1.15. The molecule has 0 bridgehead atoms. The molecule has 1 aliphatic heterocycles. The van der Waals surface area contributed by atoms with Crippen molar-refractivity contribution in [2.45, 2.75) is 37.1 Å². The van der Waals surface area contributed by atoms with Gasteiger partial charge in [0.05, 0.1) is 6.42 Å². The maximum Gasteiger partial charge on any atom is 0.259 e. The largest absolute Gasteiger partial charge is 0.481 e. The number of benzene rings is 1. The minimum Gasteiger partial charge on any atom is -0.481 e. The SMILES string of the molecule is CN1C(=O)[C@H](NC(O)c2nnc(Cc3ccccc3)o2)C2(CC2)Oc2cccnc21. The summed E-state index contributed by atoms with van der Waals surface area (Å²) < 4.78 is 11.8. The quantitative estimate of drug-likeness (QED) is 0.613. The number of nitrogens with zero attached hydrogens (tertiary/aromatic N) is 4. The van der Waals surface area contributed by atoms with E-state index in [9.17, 15) is 9.90 Å². The molecule has 3 aromatic rings. The van der Waals surface area contributed by atoms with Crippen LogP contribution in [0, 0.1) is 0 Å². The number of likely N-dealkylation sites (N-methyl/N-ethyl adjacent to an activating group) is 1. The van der Waals surface area contributed by atoms with Gasteiger partial charge >= 0.3 is 0 Å². The number of aromatic nitrogens is 3. The second-order valence-corrected chi connectivity index (χ2v) is 7.59. The van der Waals surface area contributed by atoms with Crippen LogP contribution in [-0.2, 0) is 11.2 Å². The van der Waals surface area contributed by atoms with Gasteiger partial charge in [0.15, 0.2) is 17.8 Å². The Morgan fingerprint density at radius 3 is 2.80 bits per heavy atom. The van der Waals surface area contributed by atoms with Crippen LogP contribution in [0.1, 0.15) is 36.4 Å². The highest BCUT2D eigenvalue weighted by Gasteiger charge is 2.58. The van der Waals surface area contributed by atoms with E-state index >= 15 is 0 Å². The number of aliphatic hydroxyl groups is 1. The van der Waals surface area contributed by atoms with E-state index in [1.807, 2.05) is 30.3 Å². The lowest BCUT2D eigenvalue weighted by Crippen LogP contribution is -2.54. The van der Waals surface area contributed by atoms with Crippen molar-refractivity contribution >= 4 is 11.7 Å². The fraction of sp³-hybridized carbons (Fsp3) is 0.333. The molecule has 1 spiro atoms. The molecule has 1 fully saturated rings. The van der Waals surface area contributed by atoms with E-state index < -0.39 is 17.9 Å². The first-order valence-corrected chi connectivity index (χ1v) is 9.78. The van der Waals surface area contributed by atoms with E-state index in [1.165, 1.54) is 4.90 Å². The first-order chi connectivity index (χ1) is 14.6. The molecule has 9 heteroatoms. The number of carbonyl (C=O) groups excluding carboxylic acids is 1. The Bertz CT molecular complexity index is 1070. The summed E-state index contributed by atoms with van der Waals surface area (Å²) >= 11 is 0. The minimum atomic E-state index is -1.31. The number of rotatable bonds is 5. The molecule has 30 heavy (non-hydrogen) atoms. The average Bonchev–Trinajstić information content (AvgIpc) is 3.40. The van der Waals surface area contributed by atoms with Gasteiger partial charge < -0.3 is 14.3 Å². The highest BCUT2D eigenvalue weighted by Crippen LogP contribution is 2.48. The summed E-state index contributed by atoms with van der Waals surface area (Å²) in [6, 6.07) is 12.5. The predicted molar refractivity (Wildman–Crippen MR) is 106 cm³/mol. The van der Waals surface area contributed by atoms with Crippen molar-refractivity contribution in [1.82, 2.24) is 20.5 Å². The molecule has 0 saturated heterocycles. The Balaban J connectivity index is 1.35. The topological polar surface area (TPSA) is 114 Å². The Labute approximate surface area is 172 Å². The van der Waals surface area contributed by atoms with Gasteiger partial charge in [-0.05, 0) is 30.5 Å². The summed E-state index contributed by atoms with van der Waals surface area (Å²) in [6.07, 6.45) is 2.14. The molecule has 1 aromatic carbocycles. The van der Waals surface area contributed by atoms with Gasteiger partial charge in [0, 0.05) is 13.2 Å². The van der Waals surface area contributed by atoms with E-state index in [0.29, 0.717) is 36.7 Å². The van der Waals surface area contributed by atoms with E-state index in [-0.39, 0.29) is 11.8 Å². The number of ether oxygens (including phenoxy) is 1. The molecule has 154 valence electrons. The fourth-order valence-corrected chi connectivity index (χ4v) is 3.70. The van der Waals surface area contributed by atoms with Gasteiger partial charge in [0.2, 0.25) is 11.8 Å². The van der Waals surface area contributed by atoms with Crippen molar-refractivity contribution in [2.24, 2.45) is 0 Å². The van der Waals surface area contributed by atoms with Gasteiger partial charge in [-0.25, -0.2) is 4.98 Å². The third-order valence-corrected chi connectivity index (χ3v) is 5.47. The van der Waals surface area contributed by atoms with Crippen LogP contribution in [0.5, 0.6) is 5.75 Å². The zero-order valence-electron chi connectivity index (χ0n) is 16.4. The maximum atomic E-state index is 13.1. The third-order valence-electron chi connectivity index (χ3n) is 5.47. The summed E-state index contributed by atoms with van der Waals surface area (Å²) in [4.78, 5) is 18.9. The first-order valence-electron chi connectivity index (χ1n) is 9.78. The number of anilines is 1. The van der Waals surface area contributed by atoms with Crippen LogP contribution in [0.2, 0.25) is 0 Å². The molecule has 1 saturated carbocycles. The third kappa shape index (κ3) is 3.31. The molecular weight excluding hydrogens is 386 g/mol. The molecule has 5 rings (SSSR count). The number of carbonyl (C=O) groups is 1. The Morgan fingerprint density at radius 2 is 2.03 bits per heavy atom. The first kappa shape index (κ1) is 18.7. The van der Waals surface area contributed by atoms with E-state index in [1.54, 1.807) is 25.4 Å². The van der Waals surface area contributed by atoms with Gasteiger partial charge in [-0.1, -0.05) is 30.3 Å². The van der Waals surface area contributed by atoms with Crippen LogP contribution in [-0.4, -0.2) is 44.9 Å². The van der Waals surface area contributed by atoms with Gasteiger partial charge in [0.25, 0.3) is 5.89 Å². The molecule has 2 aliphatic rings. The smallest absolute Gasteiger partial charge is 0.259 e. The van der Waals surface area contributed by atoms with Crippen molar-refractivity contribution in [3.8, 4) is 5.75 Å². The van der Waals surface area contributed by atoms with Crippen LogP contribution < -0.4 is 15.0 Å². The zero-order valence-corrected chi connectivity index (χ0v) is 16.4. The minimum absolute atomic E-state index is 0.00655. The van der Waals surface area contributed by atoms with Crippen LogP contribution in [0.25, 0.3) is 0 Å². The van der Waals surface area contributed by atoms with E-state index in [2.05, 4.69) is 20.5 Å². The van der Waals surface area contributed by atoms with Crippen LogP contribution in [0.15, 0.2) is 53.1 Å². The van der Waals surface area contributed by atoms with E-state index in [0.717, 1.165) is 5.56 Å². The molecule has 1 unspecified atom stereocenters. The summed E-state index contributed by atoms with van der Waals surface area (Å²) in [5.41, 5.74) is 0.291. The second-order valence-electron chi connectivity index (χ2n) is 7.59. The lowest BCUT2D eigenvalue weighted by molar-refractivity contribution is -0.124. The highest BCUT2D eigenvalue weighted by molar-refractivity contribution is 5.99. The standard InChI is InChI=1S/C21H21N5O4/c1-26-17-14(8-5-11-22-17)30-21(9-10-21)16(20(26)28)23-18(27)19-25-24-15(29-19)12-13-6-3-2-4-7-13/h2-8,11,16,18,23,27H,9-10,12H2,1H3/t16-,18?/m0/s1. The highest BCUT2D eigenvalue weighted by atomic mass is 16.5. The van der Waals surface area contributed by atoms with Crippen molar-refractivity contribution in [1.29, 1.82) is 0 Å². The molecule has 3 heterocycles. The number of pyridine rings is 1. The summed E-state index contributed by atoms with van der Waals surface area (Å²) in [6.45, 7) is 0. The lowest BCUT2D eigenvalue weighted by Gasteiger charge is -2.27. The number of aliphatic hydroxyl groups excluding tert-OH is 1. The van der Waals surface area contributed by atoms with Gasteiger partial charge in [-0.15, -0.1) is 10.2 Å². The van der Waals surface area contributed by atoms with E-state index in [4.69, 9.17) is 9.15 Å². The van der Waals surface area contributed by atoms with Crippen LogP contribution >= 0.6 is 0 Å². The second kappa shape index (κ2) is 7.19. The molecule has 9 nitrogen and oxygen atoms in total. The Kier molecular flexibility index (Phi) is 4.48. The zero-order chi connectivity index (χ0) is 20.7. The van der Waals surface area contributed by atoms with Crippen LogP contribution in [0.4, 0.5) is 5.82 Å². The van der Waals surface area contributed by atoms with Crippen molar-refractivity contribution in [3.63, 3.8) is 0 Å². The Hall–Kier alpha value is -3.30. The van der Waals surface area contributed by atoms with Gasteiger partial charge in [-0.3, -0.25) is 15.0 Å². The molecule has 2 N–H and O–H groups in total. The molecule has 0 radical (unpaired) electrons. The van der Waals surface area contributed by atoms with Crippen LogP contribution in [0.3, 0.4) is 0 Å². The molecule has 1 amide bonds. The molecule has 2 atom stereocenters. The number of fused-ring (bicyclic) bond motifs is 1. The monoisotopic (exact) mass is 407 g/mol. The number of hydrogen-bond acceptors (Lipinski definition) is 8. The average molecular weight is 407 g/mol.